The maximum absolute atomic E-state index is 14.1. The zero-order valence-corrected chi connectivity index (χ0v) is 38.0. The summed E-state index contributed by atoms with van der Waals surface area (Å²) in [7, 11) is -3.56. The van der Waals surface area contributed by atoms with Crippen LogP contribution in [0.4, 0.5) is 15.6 Å². The van der Waals surface area contributed by atoms with Crippen molar-refractivity contribution < 1.29 is 36.4 Å². The summed E-state index contributed by atoms with van der Waals surface area (Å²) in [5.41, 5.74) is 4.02. The molecule has 4 fully saturated rings. The van der Waals surface area contributed by atoms with Gasteiger partial charge in [-0.15, -0.1) is 0 Å². The summed E-state index contributed by atoms with van der Waals surface area (Å²) in [6.45, 7) is 13.8. The number of aromatic nitrogens is 4. The summed E-state index contributed by atoms with van der Waals surface area (Å²) in [4.78, 5) is 39.0. The van der Waals surface area contributed by atoms with Gasteiger partial charge in [-0.05, 0) is 125 Å². The van der Waals surface area contributed by atoms with Gasteiger partial charge in [-0.25, -0.2) is 19.6 Å². The molecule has 2 unspecified atom stereocenters. The van der Waals surface area contributed by atoms with Crippen LogP contribution in [0.25, 0.3) is 32.6 Å². The number of fused-ring (bicyclic) bond motifs is 2. The second-order valence-corrected chi connectivity index (χ2v) is 22.4. The number of urea groups is 1. The number of rotatable bonds is 11. The molecule has 0 saturated heterocycles. The van der Waals surface area contributed by atoms with Gasteiger partial charge in [0.15, 0.2) is 10.8 Å². The number of ether oxygens (including phenoxy) is 3. The van der Waals surface area contributed by atoms with Gasteiger partial charge in [-0.1, -0.05) is 37.3 Å². The number of amides is 2. The third kappa shape index (κ3) is 8.46. The van der Waals surface area contributed by atoms with Crippen molar-refractivity contribution in [3.8, 4) is 28.1 Å². The maximum Gasteiger partial charge on any atom is 0.358 e. The highest BCUT2D eigenvalue weighted by atomic mass is 32.2. The summed E-state index contributed by atoms with van der Waals surface area (Å²) < 4.78 is 50.0. The van der Waals surface area contributed by atoms with E-state index in [4.69, 9.17) is 28.5 Å². The molecule has 2 atom stereocenters. The number of nitrogens with one attached hydrogen (secondary N) is 1. The average molecular weight is 883 g/mol. The molecule has 62 heavy (non-hydrogen) atoms. The first-order valence-corrected chi connectivity index (χ1v) is 23.8. The lowest BCUT2D eigenvalue weighted by atomic mass is 9.39. The van der Waals surface area contributed by atoms with Crippen LogP contribution < -0.4 is 15.0 Å². The first-order chi connectivity index (χ1) is 29.2. The summed E-state index contributed by atoms with van der Waals surface area (Å²) in [6, 6.07) is 16.8. The number of benzene rings is 2. The normalized spacial score (nSPS) is 25.4. The zero-order chi connectivity index (χ0) is 43.9. The number of carbonyl (C=O) groups excluding carboxylic acids is 2. The van der Waals surface area contributed by atoms with E-state index in [1.54, 1.807) is 4.90 Å². The van der Waals surface area contributed by atoms with Gasteiger partial charge in [0.2, 0.25) is 0 Å². The minimum atomic E-state index is -3.56. The molecule has 328 valence electrons. The zero-order valence-electron chi connectivity index (χ0n) is 36.4. The van der Waals surface area contributed by atoms with E-state index in [1.165, 1.54) is 11.3 Å². The molecule has 4 saturated carbocycles. The minimum absolute atomic E-state index is 0.00225. The molecule has 5 aromatic rings. The van der Waals surface area contributed by atoms with Crippen LogP contribution in [0.2, 0.25) is 0 Å². The fourth-order valence-electron chi connectivity index (χ4n) is 11.8. The Morgan fingerprint density at radius 1 is 0.935 bits per heavy atom. The summed E-state index contributed by atoms with van der Waals surface area (Å²) in [6.07, 6.45) is 8.81. The van der Waals surface area contributed by atoms with Crippen LogP contribution in [0, 0.1) is 23.2 Å². The Labute approximate surface area is 366 Å². The van der Waals surface area contributed by atoms with Gasteiger partial charge in [0.25, 0.3) is 10.1 Å². The number of esters is 1. The van der Waals surface area contributed by atoms with Crippen LogP contribution in [0.1, 0.15) is 89.3 Å². The van der Waals surface area contributed by atoms with Gasteiger partial charge in [-0.3, -0.25) is 19.1 Å². The first kappa shape index (κ1) is 42.4. The van der Waals surface area contributed by atoms with Crippen LogP contribution in [0.5, 0.6) is 5.75 Å². The van der Waals surface area contributed by atoms with E-state index in [2.05, 4.69) is 28.8 Å². The largest absolute Gasteiger partial charge is 0.490 e. The Morgan fingerprint density at radius 2 is 1.69 bits per heavy atom. The molecule has 4 bridgehead atoms. The van der Waals surface area contributed by atoms with E-state index in [1.807, 2.05) is 88.5 Å². The van der Waals surface area contributed by atoms with E-state index in [-0.39, 0.29) is 46.8 Å². The van der Waals surface area contributed by atoms with Crippen LogP contribution in [-0.4, -0.2) is 84.0 Å². The summed E-state index contributed by atoms with van der Waals surface area (Å²) in [5, 5.41) is 8.43. The third-order valence-electron chi connectivity index (χ3n) is 12.7. The van der Waals surface area contributed by atoms with Crippen molar-refractivity contribution in [2.24, 2.45) is 16.2 Å². The second kappa shape index (κ2) is 15.1. The number of thiazole rings is 1. The highest BCUT2D eigenvalue weighted by Gasteiger charge is 2.66. The molecule has 3 aromatic heterocycles. The number of para-hydroxylation sites is 1. The third-order valence-corrected chi connectivity index (χ3v) is 14.2. The van der Waals surface area contributed by atoms with Crippen LogP contribution in [0.15, 0.2) is 60.8 Å². The molecule has 0 radical (unpaired) electrons. The van der Waals surface area contributed by atoms with Gasteiger partial charge in [0, 0.05) is 28.9 Å². The molecule has 2 amide bonds. The topological polar surface area (TPSA) is 164 Å². The lowest BCUT2D eigenvalue weighted by molar-refractivity contribution is -0.249. The Hall–Kier alpha value is -4.90. The Balaban J connectivity index is 1.01. The molecule has 4 aliphatic carbocycles. The summed E-state index contributed by atoms with van der Waals surface area (Å²) >= 11 is 1.41. The molecule has 0 spiro atoms. The predicted molar refractivity (Wildman–Crippen MR) is 238 cm³/mol. The standard InChI is InChI=1S/C46H54N6O8S2/c1-29-32(21-47-52(29)28-45-23-43(5)22-44(6,24-45)26-46(25-43,27-45)58-18-19-59-62(7,55)56)31-13-14-33(48-38(31)39(53)60-42(2,3)4)30-12-15-36-35(20-30)51(16-17-57-36)41(54)50-40-49-34-10-8-9-11-37(34)61-40/h8-15,20-21H,16-19,22-28H2,1-7H3,(H,49,50,54). The van der Waals surface area contributed by atoms with E-state index in [0.717, 1.165) is 66.3 Å². The fraction of sp³-hybridized carbons (Fsp3) is 0.500. The molecule has 14 nitrogen and oxygen atoms in total. The first-order valence-electron chi connectivity index (χ1n) is 21.2. The molecule has 4 heterocycles. The number of anilines is 2. The molecule has 1 N–H and O–H groups in total. The molecular formula is C46H54N6O8S2. The highest BCUT2D eigenvalue weighted by molar-refractivity contribution is 7.85. The van der Waals surface area contributed by atoms with Crippen molar-refractivity contribution >= 4 is 54.5 Å². The van der Waals surface area contributed by atoms with E-state index in [9.17, 15) is 18.0 Å². The van der Waals surface area contributed by atoms with Crippen molar-refractivity contribution in [3.05, 3.63) is 72.2 Å². The van der Waals surface area contributed by atoms with Gasteiger partial charge in [-0.2, -0.15) is 13.5 Å². The summed E-state index contributed by atoms with van der Waals surface area (Å²) in [5.74, 6) is 0.00689. The number of pyridine rings is 1. The molecule has 2 aromatic carbocycles. The van der Waals surface area contributed by atoms with Crippen molar-refractivity contribution in [1.82, 2.24) is 19.7 Å². The smallest absolute Gasteiger partial charge is 0.358 e. The quantitative estimate of drug-likeness (QED) is 0.0765. The molecule has 1 aliphatic heterocycles. The van der Waals surface area contributed by atoms with Crippen molar-refractivity contribution in [3.63, 3.8) is 0 Å². The van der Waals surface area contributed by atoms with Gasteiger partial charge in [0.05, 0.1) is 59.4 Å². The molecule has 16 heteroatoms. The van der Waals surface area contributed by atoms with Crippen LogP contribution in [-0.2, 0) is 30.3 Å². The molecule has 10 rings (SSSR count). The average Bonchev–Trinajstić information content (AvgIpc) is 3.74. The van der Waals surface area contributed by atoms with Crippen molar-refractivity contribution in [1.29, 1.82) is 0 Å². The Kier molecular flexibility index (Phi) is 10.3. The van der Waals surface area contributed by atoms with E-state index < -0.39 is 21.7 Å². The number of carbonyl (C=O) groups is 2. The monoisotopic (exact) mass is 882 g/mol. The SMILES string of the molecule is Cc1c(-c2ccc(-c3ccc4c(c3)N(C(=O)Nc3nc5ccccc5s3)CCO4)nc2C(=O)OC(C)(C)C)cnn1CC12CC3(C)CC(C)(C1)CC(OCCOS(C)(=O)=O)(C3)C2. The van der Waals surface area contributed by atoms with Crippen molar-refractivity contribution in [2.45, 2.75) is 97.8 Å². The van der Waals surface area contributed by atoms with Gasteiger partial charge < -0.3 is 14.2 Å². The fourth-order valence-corrected chi connectivity index (χ4v) is 13.0. The number of hydrogen-bond donors (Lipinski definition) is 1. The number of hydrogen-bond acceptors (Lipinski definition) is 12. The van der Waals surface area contributed by atoms with Crippen LogP contribution >= 0.6 is 11.3 Å². The van der Waals surface area contributed by atoms with Gasteiger partial charge >= 0.3 is 12.0 Å². The minimum Gasteiger partial charge on any atom is -0.490 e. The lowest BCUT2D eigenvalue weighted by Gasteiger charge is -2.69. The number of nitrogens with zero attached hydrogens (tertiary/aromatic N) is 5. The molecular weight excluding hydrogens is 829 g/mol. The maximum atomic E-state index is 14.1. The van der Waals surface area contributed by atoms with Gasteiger partial charge in [0.1, 0.15) is 18.0 Å². The van der Waals surface area contributed by atoms with Crippen molar-refractivity contribution in [2.75, 3.05) is 42.8 Å². The Bertz CT molecular complexity index is 2650. The predicted octanol–water partition coefficient (Wildman–Crippen LogP) is 9.03. The second-order valence-electron chi connectivity index (χ2n) is 19.7. The lowest BCUT2D eigenvalue weighted by Crippen LogP contribution is -2.64. The van der Waals surface area contributed by atoms with E-state index >= 15 is 0 Å². The Morgan fingerprint density at radius 3 is 2.42 bits per heavy atom. The highest BCUT2D eigenvalue weighted by Crippen LogP contribution is 2.72. The molecule has 5 aliphatic rings. The van der Waals surface area contributed by atoms with E-state index in [0.29, 0.717) is 53.1 Å². The van der Waals surface area contributed by atoms with Crippen LogP contribution in [0.3, 0.4) is 0 Å².